The molecule has 0 saturated carbocycles. The molecule has 1 aliphatic heterocycles. The summed E-state index contributed by atoms with van der Waals surface area (Å²) in [4.78, 5) is 18.2. The van der Waals surface area contributed by atoms with Gasteiger partial charge in [0.25, 0.3) is 0 Å². The number of ether oxygens (including phenoxy) is 2. The average Bonchev–Trinajstić information content (AvgIpc) is 3.24. The van der Waals surface area contributed by atoms with Crippen molar-refractivity contribution in [2.24, 2.45) is 0 Å². The first kappa shape index (κ1) is 20.6. The number of amides is 1. The molecule has 0 bridgehead atoms. The summed E-state index contributed by atoms with van der Waals surface area (Å²) in [6.07, 6.45) is 0. The Balaban J connectivity index is 1.43. The third kappa shape index (κ3) is 5.47. The maximum atomic E-state index is 12.3. The van der Waals surface area contributed by atoms with Crippen molar-refractivity contribution in [3.8, 4) is 11.5 Å². The third-order valence-corrected chi connectivity index (χ3v) is 6.09. The molecule has 2 heterocycles. The van der Waals surface area contributed by atoms with Gasteiger partial charge in [0.2, 0.25) is 5.91 Å². The summed E-state index contributed by atoms with van der Waals surface area (Å²) in [5.41, 5.74) is 1.20. The van der Waals surface area contributed by atoms with Gasteiger partial charge in [-0.05, 0) is 36.1 Å². The fourth-order valence-corrected chi connectivity index (χ4v) is 4.18. The maximum Gasteiger partial charge on any atom is 0.234 e. The van der Waals surface area contributed by atoms with Crippen molar-refractivity contribution in [1.29, 1.82) is 0 Å². The standard InChI is InChI=1S/C21H29N3O3S/c1-16(20-5-4-12-28-20)22-21(25)15-24-10-8-23(9-11-24)14-17-6-7-18(26-2)19(13-17)27-3/h4-7,12-13,16H,8-11,14-15H2,1-3H3,(H,22,25)/t16-/m1/s1. The second-order valence-corrected chi connectivity index (χ2v) is 8.03. The van der Waals surface area contributed by atoms with Gasteiger partial charge in [0, 0.05) is 37.6 Å². The molecule has 1 atom stereocenters. The van der Waals surface area contributed by atoms with Gasteiger partial charge in [-0.1, -0.05) is 12.1 Å². The van der Waals surface area contributed by atoms with Gasteiger partial charge in [0.15, 0.2) is 11.5 Å². The highest BCUT2D eigenvalue weighted by molar-refractivity contribution is 7.10. The Morgan fingerprint density at radius 2 is 1.82 bits per heavy atom. The normalized spacial score (nSPS) is 16.5. The van der Waals surface area contributed by atoms with E-state index in [1.807, 2.05) is 30.5 Å². The van der Waals surface area contributed by atoms with Crippen LogP contribution in [0.2, 0.25) is 0 Å². The largest absolute Gasteiger partial charge is 0.493 e. The first-order valence-corrected chi connectivity index (χ1v) is 10.5. The Morgan fingerprint density at radius 3 is 2.46 bits per heavy atom. The molecule has 1 amide bonds. The lowest BCUT2D eigenvalue weighted by Gasteiger charge is -2.34. The Morgan fingerprint density at radius 1 is 1.11 bits per heavy atom. The molecule has 6 nitrogen and oxygen atoms in total. The molecule has 1 aromatic carbocycles. The summed E-state index contributed by atoms with van der Waals surface area (Å²) in [6, 6.07) is 10.2. The number of nitrogens with zero attached hydrogens (tertiary/aromatic N) is 2. The van der Waals surface area contributed by atoms with E-state index in [0.29, 0.717) is 6.54 Å². The zero-order valence-electron chi connectivity index (χ0n) is 16.8. The Labute approximate surface area is 171 Å². The second-order valence-electron chi connectivity index (χ2n) is 7.05. The molecule has 7 heteroatoms. The number of benzene rings is 1. The van der Waals surface area contributed by atoms with Crippen LogP contribution in [-0.4, -0.2) is 62.7 Å². The van der Waals surface area contributed by atoms with Crippen molar-refractivity contribution < 1.29 is 14.3 Å². The van der Waals surface area contributed by atoms with Crippen LogP contribution in [0.5, 0.6) is 11.5 Å². The van der Waals surface area contributed by atoms with Crippen molar-refractivity contribution in [3.05, 3.63) is 46.2 Å². The van der Waals surface area contributed by atoms with E-state index in [9.17, 15) is 4.79 Å². The van der Waals surface area contributed by atoms with E-state index in [1.165, 1.54) is 10.4 Å². The highest BCUT2D eigenvalue weighted by atomic mass is 32.1. The van der Waals surface area contributed by atoms with Crippen LogP contribution >= 0.6 is 11.3 Å². The molecule has 1 saturated heterocycles. The number of hydrogen-bond acceptors (Lipinski definition) is 6. The number of hydrogen-bond donors (Lipinski definition) is 1. The number of thiophene rings is 1. The van der Waals surface area contributed by atoms with E-state index < -0.39 is 0 Å². The second kappa shape index (κ2) is 9.91. The predicted octanol–water partition coefficient (Wildman–Crippen LogP) is 2.76. The lowest BCUT2D eigenvalue weighted by molar-refractivity contribution is -0.123. The molecule has 28 heavy (non-hydrogen) atoms. The molecule has 0 spiro atoms. The Bertz CT molecular complexity index is 758. The van der Waals surface area contributed by atoms with E-state index in [1.54, 1.807) is 25.6 Å². The van der Waals surface area contributed by atoms with Gasteiger partial charge >= 0.3 is 0 Å². The molecule has 0 unspecified atom stereocenters. The van der Waals surface area contributed by atoms with Crippen LogP contribution < -0.4 is 14.8 Å². The molecule has 1 N–H and O–H groups in total. The molecule has 2 aromatic rings. The number of methoxy groups -OCH3 is 2. The smallest absolute Gasteiger partial charge is 0.234 e. The van der Waals surface area contributed by atoms with Gasteiger partial charge in [0.1, 0.15) is 0 Å². The minimum atomic E-state index is 0.0684. The number of nitrogens with one attached hydrogen (secondary N) is 1. The molecule has 0 aliphatic carbocycles. The monoisotopic (exact) mass is 403 g/mol. The van der Waals surface area contributed by atoms with E-state index in [0.717, 1.165) is 44.2 Å². The van der Waals surface area contributed by atoms with E-state index >= 15 is 0 Å². The number of piperazine rings is 1. The number of carbonyl (C=O) groups excluding carboxylic acids is 1. The van der Waals surface area contributed by atoms with Gasteiger partial charge in [-0.3, -0.25) is 14.6 Å². The van der Waals surface area contributed by atoms with Gasteiger partial charge in [-0.15, -0.1) is 11.3 Å². The number of carbonyl (C=O) groups is 1. The van der Waals surface area contributed by atoms with Crippen LogP contribution in [0.25, 0.3) is 0 Å². The van der Waals surface area contributed by atoms with Gasteiger partial charge in [-0.25, -0.2) is 0 Å². The lowest BCUT2D eigenvalue weighted by Crippen LogP contribution is -2.49. The Hall–Kier alpha value is -2.09. The first-order valence-electron chi connectivity index (χ1n) is 9.57. The minimum absolute atomic E-state index is 0.0684. The van der Waals surface area contributed by atoms with Crippen LogP contribution in [-0.2, 0) is 11.3 Å². The molecular formula is C21H29N3O3S. The van der Waals surface area contributed by atoms with Crippen molar-refractivity contribution in [2.75, 3.05) is 46.9 Å². The molecule has 1 aromatic heterocycles. The highest BCUT2D eigenvalue weighted by Gasteiger charge is 2.20. The lowest BCUT2D eigenvalue weighted by atomic mass is 10.1. The first-order chi connectivity index (χ1) is 13.6. The molecule has 0 radical (unpaired) electrons. The molecular weight excluding hydrogens is 374 g/mol. The topological polar surface area (TPSA) is 54.0 Å². The fourth-order valence-electron chi connectivity index (χ4n) is 3.44. The zero-order chi connectivity index (χ0) is 19.9. The van der Waals surface area contributed by atoms with Crippen molar-refractivity contribution in [2.45, 2.75) is 19.5 Å². The van der Waals surface area contributed by atoms with E-state index in [-0.39, 0.29) is 11.9 Å². The van der Waals surface area contributed by atoms with Crippen LogP contribution in [0, 0.1) is 0 Å². The third-order valence-electron chi connectivity index (χ3n) is 5.03. The fraction of sp³-hybridized carbons (Fsp3) is 0.476. The van der Waals surface area contributed by atoms with Crippen molar-refractivity contribution >= 4 is 17.2 Å². The quantitative estimate of drug-likeness (QED) is 0.735. The predicted molar refractivity (Wildman–Crippen MR) is 112 cm³/mol. The van der Waals surface area contributed by atoms with Crippen LogP contribution in [0.15, 0.2) is 35.7 Å². The van der Waals surface area contributed by atoms with Gasteiger partial charge in [0.05, 0.1) is 26.8 Å². The summed E-state index contributed by atoms with van der Waals surface area (Å²) in [5.74, 6) is 1.60. The summed E-state index contributed by atoms with van der Waals surface area (Å²) < 4.78 is 10.7. The molecule has 1 fully saturated rings. The summed E-state index contributed by atoms with van der Waals surface area (Å²) in [5, 5.41) is 5.13. The van der Waals surface area contributed by atoms with Gasteiger partial charge in [-0.2, -0.15) is 0 Å². The van der Waals surface area contributed by atoms with E-state index in [2.05, 4.69) is 27.2 Å². The van der Waals surface area contributed by atoms with Crippen molar-refractivity contribution in [3.63, 3.8) is 0 Å². The zero-order valence-corrected chi connectivity index (χ0v) is 17.6. The molecule has 3 rings (SSSR count). The molecule has 152 valence electrons. The maximum absolute atomic E-state index is 12.3. The highest BCUT2D eigenvalue weighted by Crippen LogP contribution is 2.28. The van der Waals surface area contributed by atoms with Crippen molar-refractivity contribution in [1.82, 2.24) is 15.1 Å². The van der Waals surface area contributed by atoms with E-state index in [4.69, 9.17) is 9.47 Å². The SMILES string of the molecule is COc1ccc(CN2CCN(CC(=O)N[C@H](C)c3cccs3)CC2)cc1OC. The summed E-state index contributed by atoms with van der Waals surface area (Å²) in [6.45, 7) is 7.05. The number of rotatable bonds is 8. The Kier molecular flexibility index (Phi) is 7.30. The molecule has 1 aliphatic rings. The van der Waals surface area contributed by atoms with Crippen LogP contribution in [0.4, 0.5) is 0 Å². The van der Waals surface area contributed by atoms with Gasteiger partial charge < -0.3 is 14.8 Å². The van der Waals surface area contributed by atoms with Crippen LogP contribution in [0.1, 0.15) is 23.4 Å². The summed E-state index contributed by atoms with van der Waals surface area (Å²) >= 11 is 1.67. The minimum Gasteiger partial charge on any atom is -0.493 e. The van der Waals surface area contributed by atoms with Crippen LogP contribution in [0.3, 0.4) is 0 Å². The average molecular weight is 404 g/mol. The summed E-state index contributed by atoms with van der Waals surface area (Å²) in [7, 11) is 3.30.